The zero-order valence-corrected chi connectivity index (χ0v) is 11.6. The van der Waals surface area contributed by atoms with E-state index in [1.165, 1.54) is 0 Å². The molecule has 1 aromatic heterocycles. The lowest BCUT2D eigenvalue weighted by Gasteiger charge is -2.13. The standard InChI is InChI=1S/C14H15NO3S/c1-2-3-4-12-15-10-6-5-9-11(16)7-8-19(17)14(9)13(10)18-12/h5-6H,2-4,7-8H2,1H3. The molecule has 2 aromatic rings. The largest absolute Gasteiger partial charge is 0.439 e. The highest BCUT2D eigenvalue weighted by Gasteiger charge is 2.27. The minimum atomic E-state index is -1.16. The molecule has 1 aliphatic rings. The number of hydrogen-bond acceptors (Lipinski definition) is 4. The highest BCUT2D eigenvalue weighted by Crippen LogP contribution is 2.31. The molecule has 2 heterocycles. The Morgan fingerprint density at radius 1 is 1.42 bits per heavy atom. The number of fused-ring (bicyclic) bond motifs is 3. The quantitative estimate of drug-likeness (QED) is 0.865. The van der Waals surface area contributed by atoms with Crippen molar-refractivity contribution < 1.29 is 13.4 Å². The summed E-state index contributed by atoms with van der Waals surface area (Å²) in [4.78, 5) is 16.8. The third-order valence-corrected chi connectivity index (χ3v) is 4.78. The van der Waals surface area contributed by atoms with Crippen LogP contribution in [0.25, 0.3) is 11.1 Å². The average molecular weight is 277 g/mol. The molecule has 19 heavy (non-hydrogen) atoms. The highest BCUT2D eigenvalue weighted by atomic mass is 32.2. The van der Waals surface area contributed by atoms with E-state index in [1.807, 2.05) is 0 Å². The second kappa shape index (κ2) is 4.89. The molecule has 1 aliphatic heterocycles. The van der Waals surface area contributed by atoms with Crippen LogP contribution >= 0.6 is 0 Å². The second-order valence-electron chi connectivity index (χ2n) is 4.72. The molecule has 1 unspecified atom stereocenters. The van der Waals surface area contributed by atoms with E-state index in [0.717, 1.165) is 19.3 Å². The summed E-state index contributed by atoms with van der Waals surface area (Å²) in [6.07, 6.45) is 3.21. The van der Waals surface area contributed by atoms with Crippen molar-refractivity contribution in [3.05, 3.63) is 23.6 Å². The van der Waals surface area contributed by atoms with Gasteiger partial charge < -0.3 is 4.42 Å². The van der Waals surface area contributed by atoms with Crippen molar-refractivity contribution in [2.24, 2.45) is 0 Å². The summed E-state index contributed by atoms with van der Waals surface area (Å²) >= 11 is 0. The molecule has 0 radical (unpaired) electrons. The molecule has 0 amide bonds. The van der Waals surface area contributed by atoms with E-state index < -0.39 is 10.8 Å². The van der Waals surface area contributed by atoms with Crippen LogP contribution in [0.2, 0.25) is 0 Å². The molecule has 0 saturated carbocycles. The SMILES string of the molecule is CCCCc1nc2ccc3c(c2o1)S(=O)CCC3=O. The van der Waals surface area contributed by atoms with Crippen LogP contribution in [0, 0.1) is 0 Å². The topological polar surface area (TPSA) is 60.2 Å². The summed E-state index contributed by atoms with van der Waals surface area (Å²) in [6, 6.07) is 3.51. The number of rotatable bonds is 3. The maximum Gasteiger partial charge on any atom is 0.195 e. The number of aryl methyl sites for hydroxylation is 1. The summed E-state index contributed by atoms with van der Waals surface area (Å²) in [6.45, 7) is 2.11. The molecule has 3 rings (SSSR count). The zero-order chi connectivity index (χ0) is 13.4. The minimum Gasteiger partial charge on any atom is -0.439 e. The first-order valence-corrected chi connectivity index (χ1v) is 7.86. The van der Waals surface area contributed by atoms with Crippen molar-refractivity contribution in [1.82, 2.24) is 4.98 Å². The molecule has 0 spiro atoms. The molecule has 4 nitrogen and oxygen atoms in total. The first kappa shape index (κ1) is 12.5. The lowest BCUT2D eigenvalue weighted by molar-refractivity contribution is 0.0984. The second-order valence-corrected chi connectivity index (χ2v) is 6.23. The Balaban J connectivity index is 2.15. The maximum absolute atomic E-state index is 12.1. The molecular weight excluding hydrogens is 262 g/mol. The summed E-state index contributed by atoms with van der Waals surface area (Å²) in [5.41, 5.74) is 1.78. The fourth-order valence-electron chi connectivity index (χ4n) is 2.32. The van der Waals surface area contributed by atoms with Crippen molar-refractivity contribution in [3.63, 3.8) is 0 Å². The van der Waals surface area contributed by atoms with Gasteiger partial charge in [0.05, 0.1) is 15.7 Å². The van der Waals surface area contributed by atoms with E-state index in [4.69, 9.17) is 4.42 Å². The number of nitrogens with zero attached hydrogens (tertiary/aromatic N) is 1. The van der Waals surface area contributed by atoms with Crippen LogP contribution in [0.15, 0.2) is 21.4 Å². The van der Waals surface area contributed by atoms with Gasteiger partial charge in [0, 0.05) is 24.2 Å². The smallest absolute Gasteiger partial charge is 0.195 e. The molecular formula is C14H15NO3S. The van der Waals surface area contributed by atoms with Gasteiger partial charge in [-0.3, -0.25) is 9.00 Å². The van der Waals surface area contributed by atoms with Gasteiger partial charge >= 0.3 is 0 Å². The normalized spacial score (nSPS) is 18.8. The zero-order valence-electron chi connectivity index (χ0n) is 10.8. The van der Waals surface area contributed by atoms with Gasteiger partial charge in [-0.25, -0.2) is 4.98 Å². The fraction of sp³-hybridized carbons (Fsp3) is 0.429. The molecule has 0 aliphatic carbocycles. The predicted molar refractivity (Wildman–Crippen MR) is 72.8 cm³/mol. The van der Waals surface area contributed by atoms with Gasteiger partial charge in [0.2, 0.25) is 0 Å². The fourth-order valence-corrected chi connectivity index (χ4v) is 3.67. The van der Waals surface area contributed by atoms with Crippen molar-refractivity contribution in [3.8, 4) is 0 Å². The van der Waals surface area contributed by atoms with Crippen LogP contribution in [-0.2, 0) is 17.2 Å². The van der Waals surface area contributed by atoms with E-state index in [-0.39, 0.29) is 5.78 Å². The number of carbonyl (C=O) groups excluding carboxylic acids is 1. The molecule has 0 saturated heterocycles. The average Bonchev–Trinajstić information content (AvgIpc) is 2.83. The van der Waals surface area contributed by atoms with Gasteiger partial charge in [-0.2, -0.15) is 0 Å². The molecule has 1 atom stereocenters. The first-order chi connectivity index (χ1) is 9.20. The summed E-state index contributed by atoms with van der Waals surface area (Å²) in [7, 11) is -1.16. The number of benzene rings is 1. The molecule has 0 fully saturated rings. The Morgan fingerprint density at radius 3 is 3.05 bits per heavy atom. The molecule has 1 aromatic carbocycles. The van der Waals surface area contributed by atoms with Gasteiger partial charge in [-0.05, 0) is 18.6 Å². The van der Waals surface area contributed by atoms with Crippen molar-refractivity contribution in [2.75, 3.05) is 5.75 Å². The first-order valence-electron chi connectivity index (χ1n) is 6.54. The number of ketones is 1. The highest BCUT2D eigenvalue weighted by molar-refractivity contribution is 7.85. The van der Waals surface area contributed by atoms with Crippen molar-refractivity contribution >= 4 is 27.7 Å². The van der Waals surface area contributed by atoms with Gasteiger partial charge in [0.1, 0.15) is 5.52 Å². The molecule has 100 valence electrons. The summed E-state index contributed by atoms with van der Waals surface area (Å²) in [5.74, 6) is 1.10. The molecule has 0 bridgehead atoms. The minimum absolute atomic E-state index is 0.0445. The Morgan fingerprint density at radius 2 is 2.26 bits per heavy atom. The van der Waals surface area contributed by atoms with E-state index >= 15 is 0 Å². The summed E-state index contributed by atoms with van der Waals surface area (Å²) in [5, 5.41) is 0. The van der Waals surface area contributed by atoms with Gasteiger partial charge in [0.15, 0.2) is 17.3 Å². The van der Waals surface area contributed by atoms with Crippen LogP contribution < -0.4 is 0 Å². The lowest BCUT2D eigenvalue weighted by atomic mass is 10.1. The maximum atomic E-state index is 12.1. The monoisotopic (exact) mass is 277 g/mol. The number of carbonyl (C=O) groups is 1. The van der Waals surface area contributed by atoms with Gasteiger partial charge in [-0.1, -0.05) is 13.3 Å². The van der Waals surface area contributed by atoms with Crippen LogP contribution in [-0.4, -0.2) is 20.7 Å². The number of oxazole rings is 1. The van der Waals surface area contributed by atoms with Crippen LogP contribution in [0.5, 0.6) is 0 Å². The van der Waals surface area contributed by atoms with Crippen LogP contribution in [0.3, 0.4) is 0 Å². The van der Waals surface area contributed by atoms with E-state index in [0.29, 0.717) is 39.6 Å². The third-order valence-electron chi connectivity index (χ3n) is 3.34. The van der Waals surface area contributed by atoms with Crippen molar-refractivity contribution in [1.29, 1.82) is 0 Å². The lowest BCUT2D eigenvalue weighted by Crippen LogP contribution is -2.16. The Labute approximate surface area is 113 Å². The predicted octanol–water partition coefficient (Wildman–Crippen LogP) is 2.86. The molecule has 5 heteroatoms. The Bertz CT molecular complexity index is 675. The summed E-state index contributed by atoms with van der Waals surface area (Å²) < 4.78 is 17.9. The number of Topliss-reactive ketones (excluding diaryl/α,β-unsaturated/α-hetero) is 1. The molecule has 0 N–H and O–H groups in total. The Kier molecular flexibility index (Phi) is 3.22. The van der Waals surface area contributed by atoms with Crippen LogP contribution in [0.1, 0.15) is 42.4 Å². The van der Waals surface area contributed by atoms with E-state index in [9.17, 15) is 9.00 Å². The number of aromatic nitrogens is 1. The van der Waals surface area contributed by atoms with Gasteiger partial charge in [0.25, 0.3) is 0 Å². The van der Waals surface area contributed by atoms with Crippen LogP contribution in [0.4, 0.5) is 0 Å². The van der Waals surface area contributed by atoms with Gasteiger partial charge in [-0.15, -0.1) is 0 Å². The number of hydrogen-bond donors (Lipinski definition) is 0. The number of unbranched alkanes of at least 4 members (excludes halogenated alkanes) is 1. The third kappa shape index (κ3) is 2.12. The Hall–Kier alpha value is -1.49. The van der Waals surface area contributed by atoms with E-state index in [2.05, 4.69) is 11.9 Å². The van der Waals surface area contributed by atoms with E-state index in [1.54, 1.807) is 12.1 Å². The van der Waals surface area contributed by atoms with Crippen molar-refractivity contribution in [2.45, 2.75) is 37.5 Å².